The van der Waals surface area contributed by atoms with Gasteiger partial charge in [-0.05, 0) is 42.2 Å². The maximum Gasteiger partial charge on any atom is 0.475 e. The lowest BCUT2D eigenvalue weighted by Crippen LogP contribution is -2.47. The molecule has 0 bridgehead atoms. The Hall–Kier alpha value is -2.33. The van der Waals surface area contributed by atoms with Crippen LogP contribution in [0.4, 0.5) is 5.69 Å². The molecule has 0 spiro atoms. The van der Waals surface area contributed by atoms with Gasteiger partial charge >= 0.3 is 7.12 Å². The number of fused-ring (bicyclic) bond motifs is 1. The number of para-hydroxylation sites is 1. The highest BCUT2D eigenvalue weighted by atomic mass is 35.5. The molecule has 0 unspecified atom stereocenters. The third-order valence-corrected chi connectivity index (χ3v) is 5.62. The van der Waals surface area contributed by atoms with Gasteiger partial charge in [-0.15, -0.1) is 0 Å². The lowest BCUT2D eigenvalue weighted by molar-refractivity contribution is -0.121. The number of halogens is 1. The fourth-order valence-corrected chi connectivity index (χ4v) is 4.14. The molecule has 0 aliphatic carbocycles. The van der Waals surface area contributed by atoms with Crippen LogP contribution < -0.4 is 5.32 Å². The van der Waals surface area contributed by atoms with Gasteiger partial charge < -0.3 is 19.8 Å². The molecule has 3 aromatic rings. The van der Waals surface area contributed by atoms with Crippen molar-refractivity contribution in [1.29, 1.82) is 0 Å². The molecule has 164 valence electrons. The van der Waals surface area contributed by atoms with Crippen molar-refractivity contribution in [3.63, 3.8) is 0 Å². The molecule has 0 radical (unpaired) electrons. The second kappa shape index (κ2) is 9.87. The number of amides is 1. The first-order valence-corrected chi connectivity index (χ1v) is 12.4. The number of hydrogen-bond donors (Lipinski definition) is 3. The minimum atomic E-state index is -2.32. The molecule has 1 atom stereocenters. The van der Waals surface area contributed by atoms with Gasteiger partial charge in [-0.1, -0.05) is 35.9 Å². The second-order valence-electron chi connectivity index (χ2n) is 7.61. The van der Waals surface area contributed by atoms with Gasteiger partial charge in [0.05, 0.1) is 22.9 Å². The fourth-order valence-electron chi connectivity index (χ4n) is 3.21. The minimum Gasteiger partial charge on any atom is -0.464 e. The van der Waals surface area contributed by atoms with E-state index in [2.05, 4.69) is 9.68 Å². The largest absolute Gasteiger partial charge is 0.475 e. The van der Waals surface area contributed by atoms with Crippen LogP contribution in [-0.4, -0.2) is 45.7 Å². The molecular weight excluding hydrogens is 439 g/mol. The Morgan fingerprint density at radius 3 is 2.68 bits per heavy atom. The number of nitrogens with one attached hydrogen (secondary N) is 1. The van der Waals surface area contributed by atoms with Crippen molar-refractivity contribution in [3.8, 4) is 0 Å². The van der Waals surface area contributed by atoms with E-state index in [1.165, 1.54) is 12.5 Å². The van der Waals surface area contributed by atoms with Gasteiger partial charge in [-0.3, -0.25) is 4.79 Å². The van der Waals surface area contributed by atoms with Crippen molar-refractivity contribution in [1.82, 2.24) is 5.32 Å². The summed E-state index contributed by atoms with van der Waals surface area (Å²) in [6, 6.07) is 12.6. The predicted molar refractivity (Wildman–Crippen MR) is 124 cm³/mol. The van der Waals surface area contributed by atoms with E-state index in [4.69, 9.17) is 16.0 Å². The van der Waals surface area contributed by atoms with Crippen molar-refractivity contribution in [3.05, 3.63) is 64.9 Å². The molecule has 0 aliphatic heterocycles. The van der Waals surface area contributed by atoms with Gasteiger partial charge in [0, 0.05) is 34.0 Å². The molecule has 0 saturated carbocycles. The van der Waals surface area contributed by atoms with Gasteiger partial charge in [0.2, 0.25) is 5.91 Å². The molecule has 31 heavy (non-hydrogen) atoms. The number of hydrogen-bond acceptors (Lipinski definition) is 6. The van der Waals surface area contributed by atoms with Gasteiger partial charge in [0.15, 0.2) is 0 Å². The van der Waals surface area contributed by atoms with E-state index in [1.807, 2.05) is 24.3 Å². The van der Waals surface area contributed by atoms with Gasteiger partial charge in [-0.2, -0.15) is 4.36 Å². The number of carbonyl (C=O) groups is 1. The van der Waals surface area contributed by atoms with Crippen LogP contribution in [0.5, 0.6) is 0 Å². The zero-order valence-electron chi connectivity index (χ0n) is 17.2. The van der Waals surface area contributed by atoms with Crippen molar-refractivity contribution in [2.24, 2.45) is 4.36 Å². The molecular formula is C21H24BClN2O5S. The first kappa shape index (κ1) is 23.3. The van der Waals surface area contributed by atoms with Crippen LogP contribution in [0.15, 0.2) is 57.5 Å². The van der Waals surface area contributed by atoms with E-state index in [0.29, 0.717) is 22.7 Å². The smallest absolute Gasteiger partial charge is 0.464 e. The molecule has 3 N–H and O–H groups in total. The van der Waals surface area contributed by atoms with Crippen LogP contribution >= 0.6 is 11.6 Å². The number of benzene rings is 2. The van der Waals surface area contributed by atoms with Crippen LogP contribution in [0.25, 0.3) is 11.0 Å². The SMILES string of the molecule is CS(C)(=O)=Nc1ccc(CCC(=O)N[C@@H](Cc2coc3ccccc23)B(O)O)cc1Cl. The quantitative estimate of drug-likeness (QED) is 0.445. The molecule has 0 fully saturated rings. The summed E-state index contributed by atoms with van der Waals surface area (Å²) in [4.78, 5) is 12.4. The molecule has 1 amide bonds. The monoisotopic (exact) mass is 462 g/mol. The highest BCUT2D eigenvalue weighted by molar-refractivity contribution is 7.92. The molecule has 0 saturated heterocycles. The summed E-state index contributed by atoms with van der Waals surface area (Å²) in [7, 11) is -4.04. The van der Waals surface area contributed by atoms with Crippen molar-refractivity contribution < 1.29 is 23.5 Å². The molecule has 1 heterocycles. The van der Waals surface area contributed by atoms with Crippen LogP contribution in [0, 0.1) is 0 Å². The summed E-state index contributed by atoms with van der Waals surface area (Å²) in [5.74, 6) is -1.19. The van der Waals surface area contributed by atoms with Gasteiger partial charge in [-0.25, -0.2) is 4.21 Å². The number of rotatable bonds is 8. The van der Waals surface area contributed by atoms with Gasteiger partial charge in [0.1, 0.15) is 5.58 Å². The van der Waals surface area contributed by atoms with E-state index in [1.54, 1.807) is 24.5 Å². The summed E-state index contributed by atoms with van der Waals surface area (Å²) in [6.07, 6.45) is 5.38. The number of nitrogens with zero attached hydrogens (tertiary/aromatic N) is 1. The second-order valence-corrected chi connectivity index (χ2v) is 10.6. The zero-order valence-corrected chi connectivity index (χ0v) is 18.8. The summed E-state index contributed by atoms with van der Waals surface area (Å²) in [5, 5.41) is 23.4. The summed E-state index contributed by atoms with van der Waals surface area (Å²) >= 11 is 6.21. The lowest BCUT2D eigenvalue weighted by atomic mass is 9.76. The van der Waals surface area contributed by atoms with E-state index in [9.17, 15) is 19.1 Å². The molecule has 2 aromatic carbocycles. The van der Waals surface area contributed by atoms with Crippen LogP contribution in [-0.2, 0) is 27.4 Å². The van der Waals surface area contributed by atoms with Crippen LogP contribution in [0.3, 0.4) is 0 Å². The summed E-state index contributed by atoms with van der Waals surface area (Å²) in [5.41, 5.74) is 2.74. The molecule has 0 aliphatic rings. The Morgan fingerprint density at radius 2 is 2.00 bits per heavy atom. The Labute approximate surface area is 186 Å². The number of carbonyl (C=O) groups excluding carboxylic acids is 1. The van der Waals surface area contributed by atoms with Crippen LogP contribution in [0.1, 0.15) is 17.5 Å². The average Bonchev–Trinajstić information content (AvgIpc) is 3.10. The zero-order chi connectivity index (χ0) is 22.6. The first-order valence-electron chi connectivity index (χ1n) is 9.68. The maximum atomic E-state index is 12.4. The van der Waals surface area contributed by atoms with Crippen molar-refractivity contribution >= 4 is 51.0 Å². The van der Waals surface area contributed by atoms with E-state index in [0.717, 1.165) is 16.5 Å². The predicted octanol–water partition coefficient (Wildman–Crippen LogP) is 3.12. The van der Waals surface area contributed by atoms with Crippen molar-refractivity contribution in [2.75, 3.05) is 12.5 Å². The van der Waals surface area contributed by atoms with Crippen LogP contribution in [0.2, 0.25) is 5.02 Å². The highest BCUT2D eigenvalue weighted by Crippen LogP contribution is 2.27. The first-order chi connectivity index (χ1) is 14.6. The Kier molecular flexibility index (Phi) is 7.43. The summed E-state index contributed by atoms with van der Waals surface area (Å²) < 4.78 is 21.4. The average molecular weight is 463 g/mol. The Bertz CT molecular complexity index is 1200. The Morgan fingerprint density at radius 1 is 1.26 bits per heavy atom. The third kappa shape index (κ3) is 6.58. The molecule has 10 heteroatoms. The van der Waals surface area contributed by atoms with E-state index < -0.39 is 22.8 Å². The molecule has 1 aromatic heterocycles. The standard InChI is InChI=1S/C21H24BClN2O5S/c1-31(2,29)25-18-9-7-14(11-17(18)23)8-10-21(26)24-20(22(27)28)12-15-13-30-19-6-4-3-5-16(15)19/h3-7,9,11,13,20,27-28H,8,10,12H2,1-2H3,(H,24,26)/t20-/m0/s1. The Balaban J connectivity index is 1.62. The van der Waals surface area contributed by atoms with E-state index in [-0.39, 0.29) is 18.7 Å². The number of furan rings is 1. The topological polar surface area (TPSA) is 112 Å². The van der Waals surface area contributed by atoms with E-state index >= 15 is 0 Å². The fraction of sp³-hybridized carbons (Fsp3) is 0.286. The molecule has 3 rings (SSSR count). The third-order valence-electron chi connectivity index (χ3n) is 4.68. The highest BCUT2D eigenvalue weighted by Gasteiger charge is 2.26. The minimum absolute atomic E-state index is 0.139. The lowest BCUT2D eigenvalue weighted by Gasteiger charge is -2.17. The maximum absolute atomic E-state index is 12.4. The van der Waals surface area contributed by atoms with Gasteiger partial charge in [0.25, 0.3) is 0 Å². The number of aryl methyl sites for hydroxylation is 1. The summed E-state index contributed by atoms with van der Waals surface area (Å²) in [6.45, 7) is 0. The van der Waals surface area contributed by atoms with Crippen molar-refractivity contribution in [2.45, 2.75) is 25.2 Å². The normalized spacial score (nSPS) is 12.5. The molecule has 7 nitrogen and oxygen atoms in total.